The number of hydrogen-bond acceptors (Lipinski definition) is 4. The number of rotatable bonds is 5. The molecular weight excluding hydrogens is 312 g/mol. The molecule has 1 aliphatic heterocycles. The van der Waals surface area contributed by atoms with Crippen molar-refractivity contribution in [3.8, 4) is 0 Å². The molecule has 0 radical (unpaired) electrons. The molecule has 25 heavy (non-hydrogen) atoms. The van der Waals surface area contributed by atoms with Gasteiger partial charge in [0.05, 0.1) is 0 Å². The van der Waals surface area contributed by atoms with E-state index in [0.29, 0.717) is 5.69 Å². The van der Waals surface area contributed by atoms with Crippen LogP contribution in [-0.4, -0.2) is 40.4 Å². The van der Waals surface area contributed by atoms with Gasteiger partial charge in [-0.25, -0.2) is 9.97 Å². The number of benzene rings is 1. The third-order valence-electron chi connectivity index (χ3n) is 4.69. The first-order valence-corrected chi connectivity index (χ1v) is 9.18. The van der Waals surface area contributed by atoms with Crippen LogP contribution in [0.4, 0.5) is 5.82 Å². The smallest absolute Gasteiger partial charge is 0.272 e. The molecule has 0 unspecified atom stereocenters. The Balaban J connectivity index is 1.76. The monoisotopic (exact) mass is 338 g/mol. The first kappa shape index (κ1) is 17.4. The van der Waals surface area contributed by atoms with Crippen molar-refractivity contribution < 1.29 is 4.79 Å². The Hall–Kier alpha value is -2.43. The van der Waals surface area contributed by atoms with Crippen molar-refractivity contribution in [3.05, 3.63) is 54.0 Å². The first-order chi connectivity index (χ1) is 12.3. The lowest BCUT2D eigenvalue weighted by atomic mass is 10.2. The predicted octanol–water partition coefficient (Wildman–Crippen LogP) is 3.52. The molecule has 1 aromatic heterocycles. The van der Waals surface area contributed by atoms with Crippen molar-refractivity contribution in [2.45, 2.75) is 39.2 Å². The standard InChI is InChI=1S/C20H26N4O/c1-2-23(15-17-10-6-5-7-11-17)19-14-18(21-16-22-19)20(25)24-12-8-3-4-9-13-24/h5-7,10-11,14,16H,2-4,8-9,12-13,15H2,1H3. The van der Waals surface area contributed by atoms with E-state index >= 15 is 0 Å². The van der Waals surface area contributed by atoms with Gasteiger partial charge in [0.25, 0.3) is 5.91 Å². The molecule has 5 nitrogen and oxygen atoms in total. The summed E-state index contributed by atoms with van der Waals surface area (Å²) in [7, 11) is 0. The molecule has 0 spiro atoms. The van der Waals surface area contributed by atoms with Crippen LogP contribution in [0.2, 0.25) is 0 Å². The second-order valence-electron chi connectivity index (χ2n) is 6.47. The third-order valence-corrected chi connectivity index (χ3v) is 4.69. The molecule has 2 aromatic rings. The molecule has 0 aliphatic carbocycles. The zero-order valence-corrected chi connectivity index (χ0v) is 14.9. The van der Waals surface area contributed by atoms with Crippen molar-refractivity contribution >= 4 is 11.7 Å². The average molecular weight is 338 g/mol. The van der Waals surface area contributed by atoms with E-state index < -0.39 is 0 Å². The van der Waals surface area contributed by atoms with Crippen molar-refractivity contribution in [1.82, 2.24) is 14.9 Å². The molecule has 1 aliphatic rings. The van der Waals surface area contributed by atoms with Gasteiger partial charge in [-0.05, 0) is 25.3 Å². The van der Waals surface area contributed by atoms with E-state index in [0.717, 1.165) is 44.8 Å². The maximum absolute atomic E-state index is 12.8. The summed E-state index contributed by atoms with van der Waals surface area (Å²) in [4.78, 5) is 25.5. The summed E-state index contributed by atoms with van der Waals surface area (Å²) in [6, 6.07) is 12.1. The van der Waals surface area contributed by atoms with Gasteiger partial charge >= 0.3 is 0 Å². The number of aromatic nitrogens is 2. The SMILES string of the molecule is CCN(Cc1ccccc1)c1cc(C(=O)N2CCCCCC2)ncn1. The molecule has 0 bridgehead atoms. The topological polar surface area (TPSA) is 49.3 Å². The van der Waals surface area contributed by atoms with Crippen molar-refractivity contribution in [2.24, 2.45) is 0 Å². The van der Waals surface area contributed by atoms with Crippen LogP contribution in [0.25, 0.3) is 0 Å². The molecule has 132 valence electrons. The van der Waals surface area contributed by atoms with Gasteiger partial charge in [-0.3, -0.25) is 4.79 Å². The quantitative estimate of drug-likeness (QED) is 0.837. The number of carbonyl (C=O) groups is 1. The Morgan fingerprint density at radius 2 is 1.80 bits per heavy atom. The Labute approximate surface area is 149 Å². The minimum atomic E-state index is 0.0290. The lowest BCUT2D eigenvalue weighted by Gasteiger charge is -2.23. The molecule has 1 aromatic carbocycles. The fraction of sp³-hybridized carbons (Fsp3) is 0.450. The van der Waals surface area contributed by atoms with E-state index in [2.05, 4.69) is 33.9 Å². The first-order valence-electron chi connectivity index (χ1n) is 9.18. The van der Waals surface area contributed by atoms with Crippen LogP contribution in [0.5, 0.6) is 0 Å². The summed E-state index contributed by atoms with van der Waals surface area (Å²) in [5, 5.41) is 0. The van der Waals surface area contributed by atoms with Crippen LogP contribution < -0.4 is 4.90 Å². The largest absolute Gasteiger partial charge is 0.352 e. The van der Waals surface area contributed by atoms with E-state index in [1.807, 2.05) is 29.2 Å². The molecule has 1 fully saturated rings. The molecule has 0 saturated carbocycles. The zero-order chi connectivity index (χ0) is 17.5. The number of carbonyl (C=O) groups excluding carboxylic acids is 1. The van der Waals surface area contributed by atoms with Crippen LogP contribution in [0.3, 0.4) is 0 Å². The summed E-state index contributed by atoms with van der Waals surface area (Å²) in [5.74, 6) is 0.834. The second kappa shape index (κ2) is 8.60. The van der Waals surface area contributed by atoms with Crippen LogP contribution in [0, 0.1) is 0 Å². The predicted molar refractivity (Wildman–Crippen MR) is 99.6 cm³/mol. The van der Waals surface area contributed by atoms with Crippen LogP contribution in [-0.2, 0) is 6.54 Å². The summed E-state index contributed by atoms with van der Waals surface area (Å²) in [6.07, 6.45) is 6.09. The number of amides is 1. The molecule has 0 atom stereocenters. The fourth-order valence-corrected chi connectivity index (χ4v) is 3.23. The highest BCUT2D eigenvalue weighted by molar-refractivity contribution is 5.93. The minimum absolute atomic E-state index is 0.0290. The van der Waals surface area contributed by atoms with Crippen molar-refractivity contribution in [1.29, 1.82) is 0 Å². The average Bonchev–Trinajstić information content (AvgIpc) is 2.96. The molecule has 0 N–H and O–H groups in total. The second-order valence-corrected chi connectivity index (χ2v) is 6.47. The summed E-state index contributed by atoms with van der Waals surface area (Å²) >= 11 is 0. The normalized spacial score (nSPS) is 14.8. The van der Waals surface area contributed by atoms with Crippen LogP contribution >= 0.6 is 0 Å². The number of nitrogens with zero attached hydrogens (tertiary/aromatic N) is 4. The highest BCUT2D eigenvalue weighted by Crippen LogP contribution is 2.17. The fourth-order valence-electron chi connectivity index (χ4n) is 3.23. The molecular formula is C20H26N4O. The van der Waals surface area contributed by atoms with E-state index in [9.17, 15) is 4.79 Å². The maximum atomic E-state index is 12.8. The van der Waals surface area contributed by atoms with E-state index in [1.165, 1.54) is 24.7 Å². The lowest BCUT2D eigenvalue weighted by Crippen LogP contribution is -2.33. The summed E-state index contributed by atoms with van der Waals surface area (Å²) in [6.45, 7) is 5.36. The Morgan fingerprint density at radius 3 is 2.48 bits per heavy atom. The summed E-state index contributed by atoms with van der Waals surface area (Å²) < 4.78 is 0. The molecule has 1 saturated heterocycles. The van der Waals surface area contributed by atoms with Gasteiger partial charge in [-0.1, -0.05) is 43.2 Å². The molecule has 1 amide bonds. The van der Waals surface area contributed by atoms with Crippen molar-refractivity contribution in [3.63, 3.8) is 0 Å². The van der Waals surface area contributed by atoms with E-state index in [-0.39, 0.29) is 5.91 Å². The number of anilines is 1. The Kier molecular flexibility index (Phi) is 5.99. The molecule has 3 rings (SSSR count). The highest BCUT2D eigenvalue weighted by atomic mass is 16.2. The van der Waals surface area contributed by atoms with Gasteiger partial charge in [-0.15, -0.1) is 0 Å². The zero-order valence-electron chi connectivity index (χ0n) is 14.9. The van der Waals surface area contributed by atoms with Gasteiger partial charge in [0.15, 0.2) is 0 Å². The summed E-state index contributed by atoms with van der Waals surface area (Å²) in [5.41, 5.74) is 1.72. The Bertz CT molecular complexity index is 681. The third kappa shape index (κ3) is 4.56. The van der Waals surface area contributed by atoms with Gasteiger partial charge in [0.1, 0.15) is 17.8 Å². The van der Waals surface area contributed by atoms with E-state index in [4.69, 9.17) is 0 Å². The minimum Gasteiger partial charge on any atom is -0.352 e. The van der Waals surface area contributed by atoms with Gasteiger partial charge in [-0.2, -0.15) is 0 Å². The molecule has 2 heterocycles. The number of likely N-dealkylation sites (tertiary alicyclic amines) is 1. The van der Waals surface area contributed by atoms with Crippen LogP contribution in [0.1, 0.15) is 48.7 Å². The van der Waals surface area contributed by atoms with Crippen LogP contribution in [0.15, 0.2) is 42.7 Å². The van der Waals surface area contributed by atoms with Gasteiger partial charge < -0.3 is 9.80 Å². The van der Waals surface area contributed by atoms with Gasteiger partial charge in [0, 0.05) is 32.2 Å². The highest BCUT2D eigenvalue weighted by Gasteiger charge is 2.19. The lowest BCUT2D eigenvalue weighted by molar-refractivity contribution is 0.0755. The maximum Gasteiger partial charge on any atom is 0.272 e. The van der Waals surface area contributed by atoms with Crippen molar-refractivity contribution in [2.75, 3.05) is 24.5 Å². The van der Waals surface area contributed by atoms with Gasteiger partial charge in [0.2, 0.25) is 0 Å². The molecule has 5 heteroatoms. The van der Waals surface area contributed by atoms with E-state index in [1.54, 1.807) is 0 Å². The Morgan fingerprint density at radius 1 is 1.08 bits per heavy atom. The number of hydrogen-bond donors (Lipinski definition) is 0.